The van der Waals surface area contributed by atoms with Crippen LogP contribution in [0.25, 0.3) is 0 Å². The second-order valence-corrected chi connectivity index (χ2v) is 4.05. The molecule has 0 spiro atoms. The first-order valence-electron chi connectivity index (χ1n) is 4.25. The third-order valence-corrected chi connectivity index (χ3v) is 2.29. The predicted octanol–water partition coefficient (Wildman–Crippen LogP) is -0.102. The molecular formula is C7H20N2O3S. The predicted molar refractivity (Wildman–Crippen MR) is 51.7 cm³/mol. The van der Waals surface area contributed by atoms with Crippen LogP contribution in [0.1, 0.15) is 20.8 Å². The SMILES string of the molecule is CC[N+](C)(CC)CC.NS(=O)(=O)[O-]. The number of rotatable bonds is 3. The summed E-state index contributed by atoms with van der Waals surface area (Å²) in [5, 5.41) is 3.77. The highest BCUT2D eigenvalue weighted by atomic mass is 32.2. The molecule has 0 aliphatic rings. The molecule has 0 aromatic rings. The highest BCUT2D eigenvalue weighted by Gasteiger charge is 2.10. The fourth-order valence-corrected chi connectivity index (χ4v) is 0.671. The van der Waals surface area contributed by atoms with Crippen molar-refractivity contribution in [1.29, 1.82) is 0 Å². The molecule has 0 radical (unpaired) electrons. The molecule has 82 valence electrons. The summed E-state index contributed by atoms with van der Waals surface area (Å²) < 4.78 is 27.8. The Morgan fingerprint density at radius 3 is 1.31 bits per heavy atom. The average Bonchev–Trinajstić information content (AvgIpc) is 2.00. The van der Waals surface area contributed by atoms with E-state index in [1.165, 1.54) is 24.1 Å². The van der Waals surface area contributed by atoms with Crippen molar-refractivity contribution in [2.24, 2.45) is 5.14 Å². The molecule has 0 atom stereocenters. The smallest absolute Gasteiger partial charge is 0.156 e. The van der Waals surface area contributed by atoms with E-state index in [1.54, 1.807) is 0 Å². The highest BCUT2D eigenvalue weighted by molar-refractivity contribution is 7.83. The zero-order chi connectivity index (χ0) is 11.1. The van der Waals surface area contributed by atoms with Gasteiger partial charge in [-0.05, 0) is 20.8 Å². The molecule has 0 aromatic heterocycles. The number of hydrogen-bond donors (Lipinski definition) is 1. The zero-order valence-electron chi connectivity index (χ0n) is 8.78. The molecule has 0 rings (SSSR count). The van der Waals surface area contributed by atoms with Gasteiger partial charge in [-0.25, -0.2) is 13.6 Å². The minimum absolute atomic E-state index is 1.21. The van der Waals surface area contributed by atoms with Crippen LogP contribution in [-0.2, 0) is 10.3 Å². The van der Waals surface area contributed by atoms with Crippen molar-refractivity contribution in [3.8, 4) is 0 Å². The monoisotopic (exact) mass is 212 g/mol. The van der Waals surface area contributed by atoms with Gasteiger partial charge >= 0.3 is 0 Å². The van der Waals surface area contributed by atoms with E-state index < -0.39 is 10.3 Å². The lowest BCUT2D eigenvalue weighted by Crippen LogP contribution is -2.42. The molecule has 0 amide bonds. The van der Waals surface area contributed by atoms with Crippen molar-refractivity contribution < 1.29 is 17.5 Å². The molecule has 0 fully saturated rings. The Balaban J connectivity index is 0. The summed E-state index contributed by atoms with van der Waals surface area (Å²) in [5.74, 6) is 0. The van der Waals surface area contributed by atoms with Crippen LogP contribution >= 0.6 is 0 Å². The molecular weight excluding hydrogens is 192 g/mol. The largest absolute Gasteiger partial charge is 0.736 e. The lowest BCUT2D eigenvalue weighted by Gasteiger charge is -2.30. The number of quaternary nitrogens is 1. The minimum Gasteiger partial charge on any atom is -0.736 e. The first-order chi connectivity index (χ1) is 5.68. The quantitative estimate of drug-likeness (QED) is 0.523. The van der Waals surface area contributed by atoms with Gasteiger partial charge in [-0.3, -0.25) is 0 Å². The third kappa shape index (κ3) is 14.7. The molecule has 6 heteroatoms. The van der Waals surface area contributed by atoms with Gasteiger partial charge in [0.25, 0.3) is 0 Å². The average molecular weight is 212 g/mol. The van der Waals surface area contributed by atoms with Crippen LogP contribution in [0.5, 0.6) is 0 Å². The molecule has 0 heterocycles. The number of nitrogens with zero attached hydrogens (tertiary/aromatic N) is 1. The topological polar surface area (TPSA) is 83.2 Å². The molecule has 0 saturated heterocycles. The molecule has 0 aliphatic carbocycles. The summed E-state index contributed by atoms with van der Waals surface area (Å²) in [4.78, 5) is 0. The van der Waals surface area contributed by atoms with E-state index in [4.69, 9.17) is 13.0 Å². The first kappa shape index (κ1) is 15.3. The van der Waals surface area contributed by atoms with Gasteiger partial charge in [-0.15, -0.1) is 0 Å². The van der Waals surface area contributed by atoms with Crippen molar-refractivity contribution in [1.82, 2.24) is 0 Å². The van der Waals surface area contributed by atoms with Gasteiger partial charge in [-0.1, -0.05) is 0 Å². The van der Waals surface area contributed by atoms with E-state index in [0.29, 0.717) is 0 Å². The minimum atomic E-state index is -4.42. The molecule has 5 nitrogen and oxygen atoms in total. The van der Waals surface area contributed by atoms with Gasteiger partial charge in [0.2, 0.25) is 0 Å². The van der Waals surface area contributed by atoms with Gasteiger partial charge in [0.05, 0.1) is 26.7 Å². The maximum atomic E-state index is 8.85. The van der Waals surface area contributed by atoms with Crippen molar-refractivity contribution in [3.63, 3.8) is 0 Å². The molecule has 13 heavy (non-hydrogen) atoms. The van der Waals surface area contributed by atoms with Crippen LogP contribution in [0.3, 0.4) is 0 Å². The van der Waals surface area contributed by atoms with Crippen LogP contribution < -0.4 is 5.14 Å². The summed E-state index contributed by atoms with van der Waals surface area (Å²) in [6.45, 7) is 10.5. The summed E-state index contributed by atoms with van der Waals surface area (Å²) in [5.41, 5.74) is 0. The van der Waals surface area contributed by atoms with Crippen molar-refractivity contribution in [2.45, 2.75) is 20.8 Å². The Kier molecular flexibility index (Phi) is 7.43. The fourth-order valence-electron chi connectivity index (χ4n) is 0.671. The summed E-state index contributed by atoms with van der Waals surface area (Å²) in [6, 6.07) is 0. The Hall–Kier alpha value is -0.170. The van der Waals surface area contributed by atoms with Gasteiger partial charge in [-0.2, -0.15) is 0 Å². The zero-order valence-corrected chi connectivity index (χ0v) is 9.60. The third-order valence-electron chi connectivity index (χ3n) is 2.29. The van der Waals surface area contributed by atoms with Gasteiger partial charge in [0.15, 0.2) is 10.3 Å². The van der Waals surface area contributed by atoms with E-state index in [0.717, 1.165) is 0 Å². The van der Waals surface area contributed by atoms with E-state index in [1.807, 2.05) is 0 Å². The summed E-state index contributed by atoms with van der Waals surface area (Å²) >= 11 is 0. The van der Waals surface area contributed by atoms with Crippen molar-refractivity contribution >= 4 is 10.3 Å². The van der Waals surface area contributed by atoms with Gasteiger partial charge < -0.3 is 9.04 Å². The standard InChI is InChI=1S/C7H18N.H3NO3S/c1-5-8(4,6-2)7-3;1-5(2,3)4/h5-7H2,1-4H3;(H3,1,2,3,4)/q+1;/p-1. The number of nitrogens with two attached hydrogens (primary N) is 1. The molecule has 2 N–H and O–H groups in total. The Morgan fingerprint density at radius 1 is 1.15 bits per heavy atom. The van der Waals surface area contributed by atoms with E-state index >= 15 is 0 Å². The van der Waals surface area contributed by atoms with Crippen LogP contribution in [0.15, 0.2) is 0 Å². The second-order valence-electron chi connectivity index (χ2n) is 3.06. The maximum Gasteiger partial charge on any atom is 0.156 e. The van der Waals surface area contributed by atoms with E-state index in [-0.39, 0.29) is 0 Å². The van der Waals surface area contributed by atoms with Crippen molar-refractivity contribution in [3.05, 3.63) is 0 Å². The lowest BCUT2D eigenvalue weighted by atomic mass is 10.4. The lowest BCUT2D eigenvalue weighted by molar-refractivity contribution is -0.904. The van der Waals surface area contributed by atoms with Crippen LogP contribution in [-0.4, -0.2) is 44.1 Å². The van der Waals surface area contributed by atoms with Crippen LogP contribution in [0.2, 0.25) is 0 Å². The Labute approximate surface area is 81.0 Å². The normalized spacial score (nSPS) is 11.8. The Morgan fingerprint density at radius 2 is 1.31 bits per heavy atom. The molecule has 0 aliphatic heterocycles. The number of hydrogen-bond acceptors (Lipinski definition) is 3. The van der Waals surface area contributed by atoms with Gasteiger partial charge in [0, 0.05) is 0 Å². The summed E-state index contributed by atoms with van der Waals surface area (Å²) in [7, 11) is -2.12. The van der Waals surface area contributed by atoms with Crippen LogP contribution in [0.4, 0.5) is 0 Å². The molecule has 0 bridgehead atoms. The molecule has 0 saturated carbocycles. The van der Waals surface area contributed by atoms with E-state index in [9.17, 15) is 0 Å². The van der Waals surface area contributed by atoms with Gasteiger partial charge in [0.1, 0.15) is 0 Å². The highest BCUT2D eigenvalue weighted by Crippen LogP contribution is 1.97. The van der Waals surface area contributed by atoms with Crippen molar-refractivity contribution in [2.75, 3.05) is 26.7 Å². The summed E-state index contributed by atoms with van der Waals surface area (Å²) in [6.07, 6.45) is 0. The molecule has 0 unspecified atom stereocenters. The van der Waals surface area contributed by atoms with E-state index in [2.05, 4.69) is 33.0 Å². The first-order valence-corrected chi connectivity index (χ1v) is 5.72. The molecule has 0 aromatic carbocycles. The Bertz CT molecular complexity index is 194. The fraction of sp³-hybridized carbons (Fsp3) is 1.00. The van der Waals surface area contributed by atoms with Crippen LogP contribution in [0, 0.1) is 0 Å². The maximum absolute atomic E-state index is 8.85. The second kappa shape index (κ2) is 6.31.